The third kappa shape index (κ3) is 5.03. The van der Waals surface area contributed by atoms with Gasteiger partial charge in [-0.2, -0.15) is 0 Å². The number of ether oxygens (including phenoxy) is 2. The summed E-state index contributed by atoms with van der Waals surface area (Å²) in [5.74, 6) is 1.15. The van der Waals surface area contributed by atoms with Crippen molar-refractivity contribution in [2.75, 3.05) is 14.2 Å². The second kappa shape index (κ2) is 10.4. The maximum absolute atomic E-state index is 11.5. The lowest BCUT2D eigenvalue weighted by Gasteiger charge is -2.45. The van der Waals surface area contributed by atoms with E-state index in [0.717, 1.165) is 37.0 Å². The van der Waals surface area contributed by atoms with E-state index in [0.29, 0.717) is 12.5 Å². The number of rotatable bonds is 8. The first kappa shape index (κ1) is 24.0. The van der Waals surface area contributed by atoms with Crippen LogP contribution in [0.2, 0.25) is 0 Å². The topological polar surface area (TPSA) is 41.9 Å². The number of methoxy groups -OCH3 is 2. The minimum atomic E-state index is -0.886. The molecule has 1 heterocycles. The van der Waals surface area contributed by atoms with Crippen LogP contribution in [0.25, 0.3) is 0 Å². The van der Waals surface area contributed by atoms with Gasteiger partial charge in [-0.15, -0.1) is 0 Å². The van der Waals surface area contributed by atoms with Gasteiger partial charge < -0.3 is 14.6 Å². The number of para-hydroxylation sites is 1. The van der Waals surface area contributed by atoms with Gasteiger partial charge >= 0.3 is 0 Å². The lowest BCUT2D eigenvalue weighted by atomic mass is 9.80. The van der Waals surface area contributed by atoms with Crippen molar-refractivity contribution in [1.29, 1.82) is 0 Å². The monoisotopic (exact) mass is 449 g/mol. The van der Waals surface area contributed by atoms with Gasteiger partial charge in [0.2, 0.25) is 0 Å². The third-order valence-electron chi connectivity index (χ3n) is 7.73. The van der Waals surface area contributed by atoms with Crippen LogP contribution in [0.3, 0.4) is 0 Å². The summed E-state index contributed by atoms with van der Waals surface area (Å²) in [5, 5.41) is 11.5. The molecule has 2 aliphatic rings. The Hall–Kier alpha value is -2.14. The number of benzene rings is 2. The highest BCUT2D eigenvalue weighted by atomic mass is 16.5. The van der Waals surface area contributed by atoms with E-state index in [9.17, 15) is 5.11 Å². The molecule has 4 rings (SSSR count). The quantitative estimate of drug-likeness (QED) is 0.512. The SMILES string of the molecule is COc1ccccc1C(C1C=CCCC1OC)N1C(C)CCC1CC(C)(O)c1ccccc1. The molecule has 0 aromatic heterocycles. The second-order valence-corrected chi connectivity index (χ2v) is 9.92. The molecule has 0 radical (unpaired) electrons. The highest BCUT2D eigenvalue weighted by Gasteiger charge is 2.45. The average molecular weight is 450 g/mol. The van der Waals surface area contributed by atoms with Crippen LogP contribution in [0.5, 0.6) is 5.75 Å². The van der Waals surface area contributed by atoms with Crippen LogP contribution < -0.4 is 4.74 Å². The molecule has 1 N–H and O–H groups in total. The molecule has 0 saturated carbocycles. The van der Waals surface area contributed by atoms with Crippen molar-refractivity contribution in [2.45, 2.75) is 75.8 Å². The Morgan fingerprint density at radius 2 is 1.76 bits per heavy atom. The summed E-state index contributed by atoms with van der Waals surface area (Å²) < 4.78 is 11.9. The van der Waals surface area contributed by atoms with E-state index in [-0.39, 0.29) is 24.1 Å². The Bertz CT molecular complexity index is 925. The molecule has 1 aliphatic carbocycles. The zero-order valence-corrected chi connectivity index (χ0v) is 20.5. The van der Waals surface area contributed by atoms with Crippen molar-refractivity contribution in [1.82, 2.24) is 4.90 Å². The Labute approximate surface area is 199 Å². The van der Waals surface area contributed by atoms with E-state index in [2.05, 4.69) is 42.2 Å². The number of hydrogen-bond acceptors (Lipinski definition) is 4. The third-order valence-corrected chi connectivity index (χ3v) is 7.73. The molecule has 1 saturated heterocycles. The lowest BCUT2D eigenvalue weighted by Crippen LogP contribution is -2.46. The fourth-order valence-electron chi connectivity index (χ4n) is 6.07. The summed E-state index contributed by atoms with van der Waals surface area (Å²) in [5.41, 5.74) is 1.30. The van der Waals surface area contributed by atoms with E-state index in [1.54, 1.807) is 7.11 Å². The molecule has 1 aliphatic heterocycles. The van der Waals surface area contributed by atoms with Crippen molar-refractivity contribution >= 4 is 0 Å². The molecule has 0 spiro atoms. The van der Waals surface area contributed by atoms with Crippen LogP contribution in [0.1, 0.15) is 63.1 Å². The van der Waals surface area contributed by atoms with Gasteiger partial charge in [-0.05, 0) is 57.6 Å². The molecule has 6 unspecified atom stereocenters. The van der Waals surface area contributed by atoms with E-state index in [1.165, 1.54) is 5.56 Å². The summed E-state index contributed by atoms with van der Waals surface area (Å²) in [6.07, 6.45) is 9.78. The Kier molecular flexibility index (Phi) is 7.58. The van der Waals surface area contributed by atoms with E-state index in [1.807, 2.05) is 50.4 Å². The van der Waals surface area contributed by atoms with Gasteiger partial charge in [0.1, 0.15) is 5.75 Å². The van der Waals surface area contributed by atoms with Gasteiger partial charge in [0.25, 0.3) is 0 Å². The zero-order chi connectivity index (χ0) is 23.4. The normalized spacial score (nSPS) is 28.4. The molecule has 0 amide bonds. The summed E-state index contributed by atoms with van der Waals surface area (Å²) in [6, 6.07) is 19.3. The summed E-state index contributed by atoms with van der Waals surface area (Å²) in [6.45, 7) is 4.29. The first-order valence-corrected chi connectivity index (χ1v) is 12.3. The second-order valence-electron chi connectivity index (χ2n) is 9.92. The van der Waals surface area contributed by atoms with Crippen molar-refractivity contribution < 1.29 is 14.6 Å². The Morgan fingerprint density at radius 1 is 1.03 bits per heavy atom. The summed E-state index contributed by atoms with van der Waals surface area (Å²) in [4.78, 5) is 2.65. The van der Waals surface area contributed by atoms with Gasteiger partial charge in [-0.1, -0.05) is 60.7 Å². The first-order chi connectivity index (χ1) is 16.0. The van der Waals surface area contributed by atoms with E-state index < -0.39 is 5.60 Å². The van der Waals surface area contributed by atoms with Crippen LogP contribution in [0, 0.1) is 5.92 Å². The van der Waals surface area contributed by atoms with Crippen LogP contribution >= 0.6 is 0 Å². The predicted molar refractivity (Wildman–Crippen MR) is 133 cm³/mol. The minimum Gasteiger partial charge on any atom is -0.496 e. The highest BCUT2D eigenvalue weighted by Crippen LogP contribution is 2.47. The van der Waals surface area contributed by atoms with E-state index in [4.69, 9.17) is 9.47 Å². The molecule has 2 aromatic rings. The van der Waals surface area contributed by atoms with Crippen LogP contribution in [-0.2, 0) is 10.3 Å². The molecule has 4 nitrogen and oxygen atoms in total. The molecule has 4 heteroatoms. The van der Waals surface area contributed by atoms with Crippen molar-refractivity contribution in [3.8, 4) is 5.75 Å². The molecular weight excluding hydrogens is 410 g/mol. The average Bonchev–Trinajstić information content (AvgIpc) is 3.19. The highest BCUT2D eigenvalue weighted by molar-refractivity contribution is 5.38. The van der Waals surface area contributed by atoms with Crippen molar-refractivity contribution in [2.24, 2.45) is 5.92 Å². The van der Waals surface area contributed by atoms with E-state index >= 15 is 0 Å². The van der Waals surface area contributed by atoms with Gasteiger partial charge in [0, 0.05) is 36.7 Å². The maximum Gasteiger partial charge on any atom is 0.123 e. The van der Waals surface area contributed by atoms with Crippen LogP contribution in [0.15, 0.2) is 66.7 Å². The lowest BCUT2D eigenvalue weighted by molar-refractivity contribution is -0.0236. The molecule has 33 heavy (non-hydrogen) atoms. The molecule has 6 atom stereocenters. The first-order valence-electron chi connectivity index (χ1n) is 12.3. The molecular formula is C29H39NO3. The minimum absolute atomic E-state index is 0.122. The molecule has 0 bridgehead atoms. The van der Waals surface area contributed by atoms with Gasteiger partial charge in [0.05, 0.1) is 18.8 Å². The summed E-state index contributed by atoms with van der Waals surface area (Å²) in [7, 11) is 3.59. The van der Waals surface area contributed by atoms with Gasteiger partial charge in [-0.25, -0.2) is 0 Å². The van der Waals surface area contributed by atoms with Gasteiger partial charge in [-0.3, -0.25) is 4.90 Å². The number of aliphatic hydroxyl groups is 1. The predicted octanol–water partition coefficient (Wildman–Crippen LogP) is 5.87. The van der Waals surface area contributed by atoms with Crippen LogP contribution in [0.4, 0.5) is 0 Å². The zero-order valence-electron chi connectivity index (χ0n) is 20.5. The summed E-state index contributed by atoms with van der Waals surface area (Å²) >= 11 is 0. The van der Waals surface area contributed by atoms with Crippen molar-refractivity contribution in [3.05, 3.63) is 77.9 Å². The molecule has 178 valence electrons. The molecule has 1 fully saturated rings. The van der Waals surface area contributed by atoms with Crippen LogP contribution in [-0.4, -0.2) is 42.4 Å². The van der Waals surface area contributed by atoms with Crippen molar-refractivity contribution in [3.63, 3.8) is 0 Å². The Morgan fingerprint density at radius 3 is 2.48 bits per heavy atom. The fraction of sp³-hybridized carbons (Fsp3) is 0.517. The number of nitrogens with zero attached hydrogens (tertiary/aromatic N) is 1. The fourth-order valence-corrected chi connectivity index (χ4v) is 6.07. The van der Waals surface area contributed by atoms with Gasteiger partial charge in [0.15, 0.2) is 0 Å². The number of allylic oxidation sites excluding steroid dienone is 1. The Balaban J connectivity index is 1.74. The standard InChI is InChI=1S/C29H39NO3/c1-21-18-19-23(20-29(2,31)22-12-6-5-7-13-22)30(21)28(24-14-8-10-16-26(24)32-3)25-15-9-11-17-27(25)33-4/h5-10,12-16,21,23,25,27-28,31H,11,17-20H2,1-4H3. The number of hydrogen-bond donors (Lipinski definition) is 1. The maximum atomic E-state index is 11.5. The smallest absolute Gasteiger partial charge is 0.123 e. The number of likely N-dealkylation sites (tertiary alicyclic amines) is 1. The molecule has 2 aromatic carbocycles. The largest absolute Gasteiger partial charge is 0.496 e.